The van der Waals surface area contributed by atoms with Gasteiger partial charge in [0.05, 0.1) is 22.6 Å². The number of benzene rings is 4. The van der Waals surface area contributed by atoms with E-state index in [9.17, 15) is 4.79 Å². The van der Waals surface area contributed by atoms with E-state index in [2.05, 4.69) is 57.6 Å². The molecule has 182 valence electrons. The zero-order valence-corrected chi connectivity index (χ0v) is 20.7. The minimum atomic E-state index is -0.386. The first-order valence-electron chi connectivity index (χ1n) is 11.8. The fraction of sp³-hybridized carbons (Fsp3) is 0.0323. The molecule has 1 amide bonds. The maximum absolute atomic E-state index is 12.4. The molecule has 0 aliphatic carbocycles. The van der Waals surface area contributed by atoms with E-state index in [0.29, 0.717) is 10.8 Å². The van der Waals surface area contributed by atoms with Gasteiger partial charge < -0.3 is 9.30 Å². The highest BCUT2D eigenvalue weighted by Gasteiger charge is 2.18. The van der Waals surface area contributed by atoms with Crippen LogP contribution in [-0.2, 0) is 4.79 Å². The Morgan fingerprint density at radius 1 is 0.811 bits per heavy atom. The number of aromatic nitrogens is 1. The quantitative estimate of drug-likeness (QED) is 0.182. The summed E-state index contributed by atoms with van der Waals surface area (Å²) in [4.78, 5) is 12.4. The van der Waals surface area contributed by atoms with Crippen LogP contribution in [0.5, 0.6) is 5.75 Å². The number of carbonyl (C=O) groups excluding carboxylic acids is 1. The first kappa shape index (κ1) is 24.1. The number of hydrogen-bond acceptors (Lipinski definition) is 3. The van der Waals surface area contributed by atoms with Crippen molar-refractivity contribution < 1.29 is 9.53 Å². The predicted octanol–water partition coefficient (Wildman–Crippen LogP) is 6.99. The molecule has 0 aliphatic heterocycles. The standard InChI is InChI=1S/C31H24ClN3O2/c32-27-18-10-11-19-29(27)37-22-30(36)34-33-21-25-20-28(23-12-4-1-5-13-23)35(26-16-8-3-9-17-26)31(25)24-14-6-2-7-15-24/h1-21H,22H2,(H,34,36)/b33-21+. The van der Waals surface area contributed by atoms with Crippen molar-refractivity contribution in [2.24, 2.45) is 5.10 Å². The maximum Gasteiger partial charge on any atom is 0.277 e. The number of amides is 1. The Morgan fingerprint density at radius 3 is 2.08 bits per heavy atom. The lowest BCUT2D eigenvalue weighted by Gasteiger charge is -2.15. The zero-order valence-electron chi connectivity index (χ0n) is 19.9. The molecule has 4 aromatic carbocycles. The van der Waals surface area contributed by atoms with Gasteiger partial charge >= 0.3 is 0 Å². The van der Waals surface area contributed by atoms with Crippen LogP contribution >= 0.6 is 11.6 Å². The summed E-state index contributed by atoms with van der Waals surface area (Å²) in [5.41, 5.74) is 8.53. The van der Waals surface area contributed by atoms with Crippen molar-refractivity contribution in [3.63, 3.8) is 0 Å². The highest BCUT2D eigenvalue weighted by Crippen LogP contribution is 2.35. The fourth-order valence-corrected chi connectivity index (χ4v) is 4.29. The fourth-order valence-electron chi connectivity index (χ4n) is 4.10. The third-order valence-corrected chi connectivity index (χ3v) is 6.06. The van der Waals surface area contributed by atoms with Gasteiger partial charge in [-0.1, -0.05) is 103 Å². The van der Waals surface area contributed by atoms with Crippen molar-refractivity contribution in [3.05, 3.63) is 132 Å². The summed E-state index contributed by atoms with van der Waals surface area (Å²) in [5, 5.41) is 4.70. The van der Waals surface area contributed by atoms with Gasteiger partial charge in [-0.15, -0.1) is 0 Å². The van der Waals surface area contributed by atoms with Gasteiger partial charge in [0, 0.05) is 11.3 Å². The van der Waals surface area contributed by atoms with Crippen molar-refractivity contribution in [1.29, 1.82) is 0 Å². The molecule has 0 unspecified atom stereocenters. The summed E-state index contributed by atoms with van der Waals surface area (Å²) in [6, 6.07) is 39.6. The van der Waals surface area contributed by atoms with Crippen molar-refractivity contribution >= 4 is 23.7 Å². The molecule has 1 aromatic heterocycles. The molecule has 0 aliphatic rings. The summed E-state index contributed by atoms with van der Waals surface area (Å²) in [6.45, 7) is -0.201. The molecule has 1 heterocycles. The lowest BCUT2D eigenvalue weighted by Crippen LogP contribution is -2.24. The summed E-state index contributed by atoms with van der Waals surface area (Å²) in [7, 11) is 0. The van der Waals surface area contributed by atoms with Gasteiger partial charge in [-0.05, 0) is 41.5 Å². The van der Waals surface area contributed by atoms with Crippen LogP contribution in [0, 0.1) is 0 Å². The van der Waals surface area contributed by atoms with Gasteiger partial charge in [0.15, 0.2) is 6.61 Å². The summed E-state index contributed by atoms with van der Waals surface area (Å²) in [5.74, 6) is 0.0605. The van der Waals surface area contributed by atoms with Gasteiger partial charge in [0.1, 0.15) is 5.75 Å². The van der Waals surface area contributed by atoms with Crippen LogP contribution in [0.4, 0.5) is 0 Å². The van der Waals surface area contributed by atoms with Crippen LogP contribution in [0.1, 0.15) is 5.56 Å². The topological polar surface area (TPSA) is 55.6 Å². The third kappa shape index (κ3) is 5.63. The summed E-state index contributed by atoms with van der Waals surface area (Å²) < 4.78 is 7.73. The minimum Gasteiger partial charge on any atom is -0.482 e. The molecule has 37 heavy (non-hydrogen) atoms. The van der Waals surface area contributed by atoms with Crippen molar-refractivity contribution in [2.45, 2.75) is 0 Å². The van der Waals surface area contributed by atoms with Crippen LogP contribution in [0.25, 0.3) is 28.2 Å². The number of ether oxygens (including phenoxy) is 1. The zero-order chi connectivity index (χ0) is 25.5. The number of nitrogens with one attached hydrogen (secondary N) is 1. The Kier molecular flexibility index (Phi) is 7.44. The number of carbonyl (C=O) groups is 1. The first-order valence-corrected chi connectivity index (χ1v) is 12.2. The molecule has 0 radical (unpaired) electrons. The van der Waals surface area contributed by atoms with Crippen LogP contribution in [0.2, 0.25) is 5.02 Å². The van der Waals surface area contributed by atoms with Crippen molar-refractivity contribution in [2.75, 3.05) is 6.61 Å². The second-order valence-corrected chi connectivity index (χ2v) is 8.66. The van der Waals surface area contributed by atoms with Gasteiger partial charge in [-0.2, -0.15) is 5.10 Å². The maximum atomic E-state index is 12.4. The highest BCUT2D eigenvalue weighted by molar-refractivity contribution is 6.32. The van der Waals surface area contributed by atoms with Gasteiger partial charge in [-0.3, -0.25) is 4.79 Å². The van der Waals surface area contributed by atoms with E-state index < -0.39 is 0 Å². The smallest absolute Gasteiger partial charge is 0.277 e. The highest BCUT2D eigenvalue weighted by atomic mass is 35.5. The Hall–Kier alpha value is -4.61. The molecule has 0 bridgehead atoms. The lowest BCUT2D eigenvalue weighted by molar-refractivity contribution is -0.123. The molecule has 6 heteroatoms. The van der Waals surface area contributed by atoms with Crippen molar-refractivity contribution in [3.8, 4) is 34.0 Å². The molecule has 1 N–H and O–H groups in total. The van der Waals surface area contributed by atoms with Crippen LogP contribution in [-0.4, -0.2) is 23.3 Å². The number of nitrogens with zero attached hydrogens (tertiary/aromatic N) is 2. The summed E-state index contributed by atoms with van der Waals surface area (Å²) in [6.07, 6.45) is 1.67. The van der Waals surface area contributed by atoms with E-state index in [1.54, 1.807) is 30.5 Å². The molecule has 0 saturated heterocycles. The Morgan fingerprint density at radius 2 is 1.41 bits per heavy atom. The minimum absolute atomic E-state index is 0.201. The molecule has 5 nitrogen and oxygen atoms in total. The second kappa shape index (κ2) is 11.4. The monoisotopic (exact) mass is 505 g/mol. The Bertz CT molecular complexity index is 1510. The molecule has 5 aromatic rings. The molecule has 0 fully saturated rings. The van der Waals surface area contributed by atoms with Gasteiger partial charge in [0.25, 0.3) is 5.91 Å². The number of hydrazone groups is 1. The van der Waals surface area contributed by atoms with Gasteiger partial charge in [0.2, 0.25) is 0 Å². The Balaban J connectivity index is 1.49. The molecule has 5 rings (SSSR count). The van der Waals surface area contributed by atoms with Crippen LogP contribution < -0.4 is 10.2 Å². The van der Waals surface area contributed by atoms with E-state index in [0.717, 1.165) is 33.8 Å². The largest absolute Gasteiger partial charge is 0.482 e. The summed E-state index contributed by atoms with van der Waals surface area (Å²) >= 11 is 6.10. The molecular weight excluding hydrogens is 482 g/mol. The van der Waals surface area contributed by atoms with E-state index in [4.69, 9.17) is 16.3 Å². The number of rotatable bonds is 8. The van der Waals surface area contributed by atoms with Crippen molar-refractivity contribution in [1.82, 2.24) is 9.99 Å². The first-order chi connectivity index (χ1) is 18.2. The van der Waals surface area contributed by atoms with E-state index >= 15 is 0 Å². The van der Waals surface area contributed by atoms with E-state index in [1.165, 1.54) is 0 Å². The lowest BCUT2D eigenvalue weighted by atomic mass is 10.1. The second-order valence-electron chi connectivity index (χ2n) is 8.25. The number of para-hydroxylation sites is 2. The van der Waals surface area contributed by atoms with E-state index in [-0.39, 0.29) is 12.5 Å². The van der Waals surface area contributed by atoms with Gasteiger partial charge in [-0.25, -0.2) is 5.43 Å². The predicted molar refractivity (Wildman–Crippen MR) is 149 cm³/mol. The normalized spacial score (nSPS) is 10.9. The SMILES string of the molecule is O=C(COc1ccccc1Cl)N/N=C/c1cc(-c2ccccc2)n(-c2ccccc2)c1-c1ccccc1. The number of hydrogen-bond donors (Lipinski definition) is 1. The molecule has 0 atom stereocenters. The van der Waals surface area contributed by atoms with Crippen LogP contribution in [0.15, 0.2) is 126 Å². The molecular formula is C31H24ClN3O2. The molecule has 0 spiro atoms. The number of halogens is 1. The Labute approximate surface area is 220 Å². The molecule has 0 saturated carbocycles. The van der Waals surface area contributed by atoms with Crippen LogP contribution in [0.3, 0.4) is 0 Å². The van der Waals surface area contributed by atoms with E-state index in [1.807, 2.05) is 54.6 Å². The third-order valence-electron chi connectivity index (χ3n) is 5.75. The average molecular weight is 506 g/mol. The average Bonchev–Trinajstić information content (AvgIpc) is 3.33.